The second-order valence-electron chi connectivity index (χ2n) is 0.926. The predicted molar refractivity (Wildman–Crippen MR) is 26.6 cm³/mol. The average Bonchev–Trinajstić information content (AvgIpc) is 0.722. The zero-order valence-corrected chi connectivity index (χ0v) is 7.99. The van der Waals surface area contributed by atoms with Crippen LogP contribution in [0.2, 0.25) is 0 Å². The van der Waals surface area contributed by atoms with Crippen molar-refractivity contribution in [3.05, 3.63) is 13.7 Å². The second kappa shape index (κ2) is 12.4. The Morgan fingerprint density at radius 3 is 1.22 bits per heavy atom. The molecule has 0 bridgehead atoms. The topological polar surface area (TPSA) is 34.1 Å². The van der Waals surface area contributed by atoms with E-state index in [9.17, 15) is 8.42 Å². The van der Waals surface area contributed by atoms with E-state index in [-0.39, 0.29) is 62.2 Å². The van der Waals surface area contributed by atoms with Crippen molar-refractivity contribution in [1.29, 1.82) is 0 Å². The summed E-state index contributed by atoms with van der Waals surface area (Å²) in [5.41, 5.74) is 0. The quantitative estimate of drug-likeness (QED) is 0.279. The van der Waals surface area contributed by atoms with Crippen molar-refractivity contribution in [2.24, 2.45) is 0 Å². The largest absolute Gasteiger partial charge is 1.00 e. The smallest absolute Gasteiger partial charge is 0.358 e. The molecule has 0 atom stereocenters. The van der Waals surface area contributed by atoms with Crippen LogP contribution in [-0.4, -0.2) is 14.7 Å². The molecule has 0 aliphatic rings. The molecule has 0 unspecified atom stereocenters. The summed E-state index contributed by atoms with van der Waals surface area (Å²) in [7, 11) is -2.92. The van der Waals surface area contributed by atoms with E-state index < -0.39 is 9.84 Å². The fourth-order valence-corrected chi connectivity index (χ4v) is 0. The Balaban J connectivity index is -0.0000000133. The molecule has 0 saturated carbocycles. The third kappa shape index (κ3) is 205. The molecule has 9 heavy (non-hydrogen) atoms. The molecule has 2 nitrogen and oxygen atoms in total. The monoisotopic (exact) mass is 185 g/mol. The van der Waals surface area contributed by atoms with E-state index in [0.717, 1.165) is 6.26 Å². The van der Waals surface area contributed by atoms with E-state index in [0.29, 0.717) is 0 Å². The summed E-state index contributed by atoms with van der Waals surface area (Å²) in [4.78, 5) is 0. The van der Waals surface area contributed by atoms with Crippen LogP contribution in [0.4, 0.5) is 0 Å². The van der Waals surface area contributed by atoms with Gasteiger partial charge in [0.15, 0.2) is 0 Å². The molecule has 0 aromatic heterocycles. The van der Waals surface area contributed by atoms with Crippen LogP contribution < -0.4 is 37.7 Å². The Labute approximate surface area is 92.3 Å². The van der Waals surface area contributed by atoms with Crippen molar-refractivity contribution in [3.8, 4) is 0 Å². The summed E-state index contributed by atoms with van der Waals surface area (Å²) in [5, 5.41) is 0. The minimum atomic E-state index is -2.92. The number of sulfone groups is 1. The van der Waals surface area contributed by atoms with Crippen molar-refractivity contribution >= 4 is 9.84 Å². The van der Waals surface area contributed by atoms with Crippen molar-refractivity contribution < 1.29 is 63.2 Å². The first-order chi connectivity index (χ1) is 2.00. The molecular formula is C3H8CuLi2O2S. The van der Waals surface area contributed by atoms with Crippen LogP contribution in [0.5, 0.6) is 0 Å². The van der Waals surface area contributed by atoms with Gasteiger partial charge in [-0.2, -0.15) is 0 Å². The van der Waals surface area contributed by atoms with Crippen LogP contribution in [0.3, 0.4) is 0 Å². The summed E-state index contributed by atoms with van der Waals surface area (Å²) in [6, 6.07) is 0. The van der Waals surface area contributed by atoms with Gasteiger partial charge in [0.05, 0.1) is 0 Å². The molecule has 0 amide bonds. The summed E-state index contributed by atoms with van der Waals surface area (Å²) >= 11 is 0. The van der Waals surface area contributed by atoms with Gasteiger partial charge < -0.3 is 7.43 Å². The van der Waals surface area contributed by atoms with Crippen LogP contribution >= 0.6 is 0 Å². The van der Waals surface area contributed by atoms with E-state index in [4.69, 9.17) is 0 Å². The first-order valence-electron chi connectivity index (χ1n) is 1.03. The van der Waals surface area contributed by atoms with Gasteiger partial charge in [-0.3, -0.25) is 8.42 Å². The number of hydrogen-bond acceptors (Lipinski definition) is 2. The minimum Gasteiger partial charge on any atom is -0.358 e. The normalized spacial score (nSPS) is 6.44. The molecule has 51 valence electrons. The van der Waals surface area contributed by atoms with Gasteiger partial charge in [-0.1, -0.05) is 0 Å². The van der Waals surface area contributed by atoms with E-state index in [1.54, 1.807) is 0 Å². The molecule has 0 spiro atoms. The molecule has 0 N–H and O–H groups in total. The second-order valence-corrected chi connectivity index (χ2v) is 2.78. The fourth-order valence-electron chi connectivity index (χ4n) is 0. The summed E-state index contributed by atoms with van der Waals surface area (Å²) in [6.45, 7) is 0. The summed E-state index contributed by atoms with van der Waals surface area (Å²) in [5.74, 6) is 0. The zero-order valence-electron chi connectivity index (χ0n) is 6.23. The molecule has 0 aliphatic heterocycles. The van der Waals surface area contributed by atoms with Crippen LogP contribution in [0.25, 0.3) is 0 Å². The van der Waals surface area contributed by atoms with Gasteiger partial charge in [-0.25, -0.2) is 6.26 Å². The van der Waals surface area contributed by atoms with Crippen LogP contribution in [0.15, 0.2) is 0 Å². The SMILES string of the molecule is [CH2-]S(C)(=O)=O.[CH3-].[Cu].[Li+].[Li+]. The number of rotatable bonds is 0. The Hall–Kier alpha value is 1.66. The van der Waals surface area contributed by atoms with Gasteiger partial charge in [0.25, 0.3) is 0 Å². The van der Waals surface area contributed by atoms with E-state index >= 15 is 0 Å². The maximum Gasteiger partial charge on any atom is 1.00 e. The van der Waals surface area contributed by atoms with Crippen molar-refractivity contribution in [2.45, 2.75) is 0 Å². The maximum atomic E-state index is 9.52. The Morgan fingerprint density at radius 1 is 1.22 bits per heavy atom. The molecule has 0 saturated heterocycles. The molecule has 0 aliphatic carbocycles. The van der Waals surface area contributed by atoms with E-state index in [1.165, 1.54) is 0 Å². The number of hydrogen-bond donors (Lipinski definition) is 0. The average molecular weight is 186 g/mol. The first kappa shape index (κ1) is 31.0. The summed E-state index contributed by atoms with van der Waals surface area (Å²) in [6.07, 6.45) is 3.79. The van der Waals surface area contributed by atoms with Gasteiger partial charge in [0.1, 0.15) is 0 Å². The zero-order chi connectivity index (χ0) is 4.50. The third-order valence-corrected chi connectivity index (χ3v) is 0. The van der Waals surface area contributed by atoms with Gasteiger partial charge >= 0.3 is 37.7 Å². The Morgan fingerprint density at radius 2 is 1.22 bits per heavy atom. The predicted octanol–water partition coefficient (Wildman–Crippen LogP) is -5.72. The molecule has 0 aromatic carbocycles. The van der Waals surface area contributed by atoms with Gasteiger partial charge in [-0.05, 0) is 0 Å². The van der Waals surface area contributed by atoms with Gasteiger partial charge in [-0.15, -0.1) is 0 Å². The Kier molecular flexibility index (Phi) is 42.6. The van der Waals surface area contributed by atoms with Crippen LogP contribution in [0.1, 0.15) is 0 Å². The molecule has 0 fully saturated rings. The standard InChI is InChI=1S/C2H5O2S.CH3.Cu.2Li/c1-5(2,3)4;;;;/h1H2,2H3;1H3;;;/q2*-1;;2*+1. The summed E-state index contributed by atoms with van der Waals surface area (Å²) < 4.78 is 19.0. The minimum absolute atomic E-state index is 0. The van der Waals surface area contributed by atoms with Crippen molar-refractivity contribution in [3.63, 3.8) is 0 Å². The van der Waals surface area contributed by atoms with Crippen molar-refractivity contribution in [2.75, 3.05) is 6.26 Å². The molecular weight excluding hydrogens is 178 g/mol. The molecule has 0 rings (SSSR count). The fraction of sp³-hybridized carbons (Fsp3) is 0.333. The third-order valence-electron chi connectivity index (χ3n) is 0. The van der Waals surface area contributed by atoms with Crippen LogP contribution in [0, 0.1) is 13.7 Å². The molecule has 6 heteroatoms. The molecule has 0 heterocycles. The van der Waals surface area contributed by atoms with E-state index in [2.05, 4.69) is 6.26 Å². The van der Waals surface area contributed by atoms with Crippen LogP contribution in [-0.2, 0) is 26.9 Å². The maximum absolute atomic E-state index is 9.52. The Bertz CT molecular complexity index is 103. The first-order valence-corrected chi connectivity index (χ1v) is 3.09. The van der Waals surface area contributed by atoms with Gasteiger partial charge in [0.2, 0.25) is 0 Å². The molecule has 0 aromatic rings. The van der Waals surface area contributed by atoms with Gasteiger partial charge in [0, 0.05) is 33.2 Å². The van der Waals surface area contributed by atoms with Crippen molar-refractivity contribution in [1.82, 2.24) is 0 Å². The molecule has 1 radical (unpaired) electrons. The van der Waals surface area contributed by atoms with E-state index in [1.807, 2.05) is 0 Å².